The molecule has 0 amide bonds. The summed E-state index contributed by atoms with van der Waals surface area (Å²) in [5.74, 6) is 7.31. The van der Waals surface area contributed by atoms with E-state index in [-0.39, 0.29) is 0 Å². The topological polar surface area (TPSA) is 0 Å². The predicted molar refractivity (Wildman–Crippen MR) is 39.3 cm³/mol. The lowest BCUT2D eigenvalue weighted by molar-refractivity contribution is 2.24. The summed E-state index contributed by atoms with van der Waals surface area (Å²) in [6.07, 6.45) is 8.54. The molecule has 0 bridgehead atoms. The molecule has 0 unspecified atom stereocenters. The molecule has 1 heteroatoms. The number of rotatable bonds is 1. The lowest BCUT2D eigenvalue weighted by Crippen LogP contribution is -1.46. The average molecular weight is 122 g/mol. The Hall–Kier alpha value is -0.790. The number of terminal acetylenes is 1. The summed E-state index contributed by atoms with van der Waals surface area (Å²) < 4.78 is 0. The van der Waals surface area contributed by atoms with E-state index in [1.54, 1.807) is 17.8 Å². The van der Waals surface area contributed by atoms with E-state index in [4.69, 9.17) is 6.42 Å². The molecule has 0 atom stereocenters. The van der Waals surface area contributed by atoms with Crippen molar-refractivity contribution >= 4 is 11.8 Å². The Morgan fingerprint density at radius 3 is 2.88 bits per heavy atom. The van der Waals surface area contributed by atoms with E-state index in [0.717, 1.165) is 0 Å². The maximum atomic E-state index is 4.85. The first-order chi connectivity index (χ1) is 3.91. The van der Waals surface area contributed by atoms with E-state index in [0.29, 0.717) is 0 Å². The molecule has 0 aromatic carbocycles. The molecule has 0 aliphatic heterocycles. The third kappa shape index (κ3) is 5.21. The quantitative estimate of drug-likeness (QED) is 0.475. The van der Waals surface area contributed by atoms with Gasteiger partial charge in [-0.25, -0.2) is 0 Å². The van der Waals surface area contributed by atoms with Crippen LogP contribution >= 0.6 is 11.8 Å². The van der Waals surface area contributed by atoms with Gasteiger partial charge in [0, 0.05) is 0 Å². The molecule has 0 aromatic rings. The summed E-state index contributed by atoms with van der Waals surface area (Å²) in [4.78, 5) is 0. The number of thioether (sulfide) groups is 1. The zero-order valence-electron chi connectivity index (χ0n) is 4.64. The third-order valence-electron chi connectivity index (χ3n) is 0.432. The van der Waals surface area contributed by atoms with Crippen LogP contribution in [0.15, 0.2) is 11.5 Å². The van der Waals surface area contributed by atoms with Crippen molar-refractivity contribution in [2.45, 2.75) is 0 Å². The van der Waals surface area contributed by atoms with E-state index < -0.39 is 0 Å². The van der Waals surface area contributed by atoms with Gasteiger partial charge in [0.05, 0.1) is 0 Å². The Kier molecular flexibility index (Phi) is 5.60. The zero-order valence-corrected chi connectivity index (χ0v) is 5.46. The molecule has 40 valence electrons. The van der Waals surface area contributed by atoms with Crippen LogP contribution in [0, 0.1) is 24.2 Å². The van der Waals surface area contributed by atoms with E-state index in [2.05, 4.69) is 17.8 Å². The van der Waals surface area contributed by atoms with Crippen LogP contribution in [0.5, 0.6) is 0 Å². The van der Waals surface area contributed by atoms with Crippen LogP contribution in [0.1, 0.15) is 0 Å². The van der Waals surface area contributed by atoms with Gasteiger partial charge in [-0.2, -0.15) is 0 Å². The first-order valence-corrected chi connectivity index (χ1v) is 3.34. The van der Waals surface area contributed by atoms with Crippen molar-refractivity contribution in [3.63, 3.8) is 0 Å². The highest BCUT2D eigenvalue weighted by molar-refractivity contribution is 8.01. The van der Waals surface area contributed by atoms with Gasteiger partial charge in [-0.15, -0.1) is 18.2 Å². The van der Waals surface area contributed by atoms with Crippen LogP contribution < -0.4 is 0 Å². The predicted octanol–water partition coefficient (Wildman–Crippen LogP) is 1.50. The fourth-order valence-electron chi connectivity index (χ4n) is 0.185. The van der Waals surface area contributed by atoms with Crippen molar-refractivity contribution in [2.24, 2.45) is 0 Å². The summed E-state index contributed by atoms with van der Waals surface area (Å²) in [5.41, 5.74) is 0. The first-order valence-electron chi connectivity index (χ1n) is 2.05. The van der Waals surface area contributed by atoms with Crippen molar-refractivity contribution in [1.82, 2.24) is 0 Å². The van der Waals surface area contributed by atoms with Crippen LogP contribution in [0.2, 0.25) is 0 Å². The second-order valence-electron chi connectivity index (χ2n) is 0.952. The van der Waals surface area contributed by atoms with Gasteiger partial charge in [-0.1, -0.05) is 5.92 Å². The molecule has 0 saturated heterocycles. The van der Waals surface area contributed by atoms with E-state index >= 15 is 0 Å². The molecule has 0 fully saturated rings. The molecule has 0 aromatic heterocycles. The normalized spacial score (nSPS) is 7.50. The number of allylic oxidation sites excluding steroid dienone is 1. The van der Waals surface area contributed by atoms with Crippen LogP contribution in [0.3, 0.4) is 0 Å². The molecule has 0 aliphatic carbocycles. The van der Waals surface area contributed by atoms with Gasteiger partial charge in [0.15, 0.2) is 0 Å². The van der Waals surface area contributed by atoms with Gasteiger partial charge in [0.2, 0.25) is 0 Å². The Morgan fingerprint density at radius 2 is 2.38 bits per heavy atom. The van der Waals surface area contributed by atoms with Crippen LogP contribution in [-0.2, 0) is 0 Å². The standard InChI is InChI=1S/C7H6S/c1-3-4-5-6-7-8-2/h1,6-7H,2H3/b7-6+. The molecule has 0 radical (unpaired) electrons. The molecular weight excluding hydrogens is 116 g/mol. The first kappa shape index (κ1) is 7.21. The van der Waals surface area contributed by atoms with Gasteiger partial charge in [0.1, 0.15) is 0 Å². The van der Waals surface area contributed by atoms with Crippen molar-refractivity contribution < 1.29 is 0 Å². The molecule has 0 spiro atoms. The van der Waals surface area contributed by atoms with Crippen molar-refractivity contribution in [1.29, 1.82) is 0 Å². The summed E-state index contributed by atoms with van der Waals surface area (Å²) in [5, 5.41) is 1.88. The molecule has 0 nitrogen and oxygen atoms in total. The number of hydrogen-bond acceptors (Lipinski definition) is 1. The third-order valence-corrected chi connectivity index (χ3v) is 0.840. The highest BCUT2D eigenvalue weighted by atomic mass is 32.2. The second-order valence-corrected chi connectivity index (χ2v) is 1.70. The van der Waals surface area contributed by atoms with Crippen molar-refractivity contribution in [3.05, 3.63) is 11.5 Å². The molecule has 0 rings (SSSR count). The van der Waals surface area contributed by atoms with Crippen LogP contribution in [-0.4, -0.2) is 6.26 Å². The van der Waals surface area contributed by atoms with Gasteiger partial charge >= 0.3 is 0 Å². The second kappa shape index (κ2) is 6.21. The van der Waals surface area contributed by atoms with Gasteiger partial charge in [0.25, 0.3) is 0 Å². The summed E-state index contributed by atoms with van der Waals surface area (Å²) >= 11 is 1.60. The van der Waals surface area contributed by atoms with Gasteiger partial charge in [-0.05, 0) is 29.6 Å². The molecule has 8 heavy (non-hydrogen) atoms. The van der Waals surface area contributed by atoms with Crippen LogP contribution in [0.25, 0.3) is 0 Å². The minimum Gasteiger partial charge on any atom is -0.137 e. The molecule has 0 aliphatic rings. The lowest BCUT2D eigenvalue weighted by atomic mass is 10.6. The highest BCUT2D eigenvalue weighted by Crippen LogP contribution is 1.90. The minimum atomic E-state index is 1.60. The smallest absolute Gasteiger partial charge is 0.00456 e. The average Bonchev–Trinajstić information content (AvgIpc) is 1.81. The molecular formula is C7H6S. The number of hydrogen-bond donors (Lipinski definition) is 0. The van der Waals surface area contributed by atoms with Crippen molar-refractivity contribution in [3.8, 4) is 24.2 Å². The molecule has 0 N–H and O–H groups in total. The van der Waals surface area contributed by atoms with E-state index in [1.807, 2.05) is 11.7 Å². The fourth-order valence-corrected chi connectivity index (χ4v) is 0.390. The Balaban J connectivity index is 3.46. The van der Waals surface area contributed by atoms with Gasteiger partial charge < -0.3 is 0 Å². The Labute approximate surface area is 54.4 Å². The minimum absolute atomic E-state index is 1.60. The SMILES string of the molecule is C#CC#C/C=C/SC. The fraction of sp³-hybridized carbons (Fsp3) is 0.143. The van der Waals surface area contributed by atoms with E-state index in [1.165, 1.54) is 0 Å². The summed E-state index contributed by atoms with van der Waals surface area (Å²) in [6, 6.07) is 0. The maximum absolute atomic E-state index is 4.85. The molecule has 0 saturated carbocycles. The van der Waals surface area contributed by atoms with Crippen molar-refractivity contribution in [2.75, 3.05) is 6.26 Å². The summed E-state index contributed by atoms with van der Waals surface area (Å²) in [7, 11) is 0. The molecule has 0 heterocycles. The van der Waals surface area contributed by atoms with E-state index in [9.17, 15) is 0 Å². The zero-order chi connectivity index (χ0) is 6.24. The summed E-state index contributed by atoms with van der Waals surface area (Å²) in [6.45, 7) is 0. The van der Waals surface area contributed by atoms with Crippen LogP contribution in [0.4, 0.5) is 0 Å². The largest absolute Gasteiger partial charge is 0.137 e. The monoisotopic (exact) mass is 122 g/mol. The van der Waals surface area contributed by atoms with Gasteiger partial charge in [-0.3, -0.25) is 0 Å². The Bertz CT molecular complexity index is 161. The maximum Gasteiger partial charge on any atom is -0.00456 e. The highest BCUT2D eigenvalue weighted by Gasteiger charge is 1.57. The Morgan fingerprint density at radius 1 is 1.62 bits per heavy atom. The lowest BCUT2D eigenvalue weighted by Gasteiger charge is -1.67.